The van der Waals surface area contributed by atoms with Gasteiger partial charge < -0.3 is 9.15 Å². The molecule has 0 saturated carbocycles. The van der Waals surface area contributed by atoms with Crippen LogP contribution in [0.3, 0.4) is 0 Å². The molecule has 0 aliphatic rings. The topological polar surface area (TPSA) is 80.1 Å². The van der Waals surface area contributed by atoms with Gasteiger partial charge in [-0.2, -0.15) is 5.10 Å². The smallest absolute Gasteiger partial charge is 0.413 e. The van der Waals surface area contributed by atoms with E-state index < -0.39 is 11.7 Å². The average molecular weight is 249 g/mol. The van der Waals surface area contributed by atoms with E-state index in [1.54, 1.807) is 45.2 Å². The van der Waals surface area contributed by atoms with Gasteiger partial charge in [0, 0.05) is 6.07 Å². The van der Waals surface area contributed by atoms with E-state index in [2.05, 4.69) is 15.5 Å². The van der Waals surface area contributed by atoms with Gasteiger partial charge in [0.05, 0.1) is 6.26 Å². The van der Waals surface area contributed by atoms with Crippen molar-refractivity contribution in [2.75, 3.05) is 5.32 Å². The Morgan fingerprint density at radius 1 is 1.50 bits per heavy atom. The molecule has 0 aliphatic carbocycles. The van der Waals surface area contributed by atoms with E-state index in [1.165, 1.54) is 0 Å². The van der Waals surface area contributed by atoms with Crippen LogP contribution in [0.25, 0.3) is 11.5 Å². The Kier molecular flexibility index (Phi) is 3.10. The molecule has 6 heteroatoms. The predicted octanol–water partition coefficient (Wildman–Crippen LogP) is 3.02. The van der Waals surface area contributed by atoms with Crippen LogP contribution in [0.5, 0.6) is 0 Å². The molecule has 0 fully saturated rings. The highest BCUT2D eigenvalue weighted by Gasteiger charge is 2.17. The number of furan rings is 1. The number of hydrogen-bond acceptors (Lipinski definition) is 4. The van der Waals surface area contributed by atoms with Crippen LogP contribution in [0.15, 0.2) is 28.9 Å². The third kappa shape index (κ3) is 3.13. The molecule has 0 atom stereocenters. The Hall–Kier alpha value is -2.24. The van der Waals surface area contributed by atoms with Crippen LogP contribution in [0, 0.1) is 0 Å². The van der Waals surface area contributed by atoms with Crippen molar-refractivity contribution in [2.45, 2.75) is 26.4 Å². The van der Waals surface area contributed by atoms with Crippen molar-refractivity contribution in [3.05, 3.63) is 24.5 Å². The number of aromatic amines is 1. The van der Waals surface area contributed by atoms with E-state index in [4.69, 9.17) is 9.15 Å². The Bertz CT molecular complexity index is 523. The lowest BCUT2D eigenvalue weighted by Gasteiger charge is -2.18. The minimum atomic E-state index is -0.542. The molecule has 0 saturated heterocycles. The number of amides is 1. The van der Waals surface area contributed by atoms with Gasteiger partial charge in [-0.3, -0.25) is 10.4 Å². The van der Waals surface area contributed by atoms with Crippen molar-refractivity contribution in [3.8, 4) is 11.5 Å². The summed E-state index contributed by atoms with van der Waals surface area (Å²) in [6, 6.07) is 5.24. The van der Waals surface area contributed by atoms with E-state index in [9.17, 15) is 4.79 Å². The Labute approximate surface area is 104 Å². The van der Waals surface area contributed by atoms with Crippen molar-refractivity contribution >= 4 is 11.9 Å². The SMILES string of the molecule is CC(C)(C)OC(=O)Nc1cc(-c2ccco2)[nH]n1. The fraction of sp³-hybridized carbons (Fsp3) is 0.333. The van der Waals surface area contributed by atoms with Crippen molar-refractivity contribution in [3.63, 3.8) is 0 Å². The van der Waals surface area contributed by atoms with Gasteiger partial charge in [-0.25, -0.2) is 4.79 Å². The minimum Gasteiger partial charge on any atom is -0.463 e. The molecule has 2 aromatic rings. The molecule has 18 heavy (non-hydrogen) atoms. The number of nitrogens with zero attached hydrogens (tertiary/aromatic N) is 1. The predicted molar refractivity (Wildman–Crippen MR) is 66.1 cm³/mol. The molecule has 0 unspecified atom stereocenters. The molecule has 2 N–H and O–H groups in total. The van der Waals surface area contributed by atoms with Crippen molar-refractivity contribution < 1.29 is 13.9 Å². The highest BCUT2D eigenvalue weighted by Crippen LogP contribution is 2.20. The third-order valence-corrected chi connectivity index (χ3v) is 1.99. The second-order valence-corrected chi connectivity index (χ2v) is 4.77. The number of carbonyl (C=O) groups is 1. The van der Waals surface area contributed by atoms with Crippen LogP contribution in [0.1, 0.15) is 20.8 Å². The summed E-state index contributed by atoms with van der Waals surface area (Å²) in [6.45, 7) is 5.39. The summed E-state index contributed by atoms with van der Waals surface area (Å²) in [7, 11) is 0. The molecule has 96 valence electrons. The fourth-order valence-corrected chi connectivity index (χ4v) is 1.35. The van der Waals surface area contributed by atoms with E-state index in [1.807, 2.05) is 0 Å². The van der Waals surface area contributed by atoms with E-state index >= 15 is 0 Å². The molecular formula is C12H15N3O3. The molecule has 6 nitrogen and oxygen atoms in total. The standard InChI is InChI=1S/C12H15N3O3/c1-12(2,3)18-11(16)13-10-7-8(14-15-10)9-5-4-6-17-9/h4-7H,1-3H3,(H2,13,14,15,16). The summed E-state index contributed by atoms with van der Waals surface area (Å²) in [5.74, 6) is 1.04. The number of H-pyrrole nitrogens is 1. The van der Waals surface area contributed by atoms with E-state index in [-0.39, 0.29) is 0 Å². The Morgan fingerprint density at radius 2 is 2.28 bits per heavy atom. The lowest BCUT2D eigenvalue weighted by atomic mass is 10.2. The van der Waals surface area contributed by atoms with E-state index in [0.717, 1.165) is 0 Å². The number of carbonyl (C=O) groups excluding carboxylic acids is 1. The summed E-state index contributed by atoms with van der Waals surface area (Å²) < 4.78 is 10.3. The molecule has 0 spiro atoms. The highest BCUT2D eigenvalue weighted by molar-refractivity contribution is 5.84. The Morgan fingerprint density at radius 3 is 2.89 bits per heavy atom. The maximum Gasteiger partial charge on any atom is 0.413 e. The van der Waals surface area contributed by atoms with Crippen molar-refractivity contribution in [2.24, 2.45) is 0 Å². The van der Waals surface area contributed by atoms with Gasteiger partial charge >= 0.3 is 6.09 Å². The van der Waals surface area contributed by atoms with Gasteiger partial charge in [0.25, 0.3) is 0 Å². The largest absolute Gasteiger partial charge is 0.463 e. The minimum absolute atomic E-state index is 0.385. The molecule has 0 radical (unpaired) electrons. The number of rotatable bonds is 2. The summed E-state index contributed by atoms with van der Waals surface area (Å²) >= 11 is 0. The van der Waals surface area contributed by atoms with Gasteiger partial charge in [-0.1, -0.05) is 0 Å². The molecular weight excluding hydrogens is 234 g/mol. The van der Waals surface area contributed by atoms with Crippen molar-refractivity contribution in [1.82, 2.24) is 10.2 Å². The summed E-state index contributed by atoms with van der Waals surface area (Å²) in [6.07, 6.45) is 1.02. The number of aromatic nitrogens is 2. The van der Waals surface area contributed by atoms with Gasteiger partial charge in [0.1, 0.15) is 11.3 Å². The monoisotopic (exact) mass is 249 g/mol. The third-order valence-electron chi connectivity index (χ3n) is 1.99. The normalized spacial score (nSPS) is 11.3. The maximum absolute atomic E-state index is 11.5. The zero-order chi connectivity index (χ0) is 13.2. The Balaban J connectivity index is 2.01. The first kappa shape index (κ1) is 12.2. The van der Waals surface area contributed by atoms with Crippen LogP contribution in [-0.2, 0) is 4.74 Å². The first-order valence-corrected chi connectivity index (χ1v) is 5.53. The number of ether oxygens (including phenoxy) is 1. The van der Waals surface area contributed by atoms with Crippen molar-refractivity contribution in [1.29, 1.82) is 0 Å². The van der Waals surface area contributed by atoms with Crippen LogP contribution < -0.4 is 5.32 Å². The summed E-state index contributed by atoms with van der Waals surface area (Å²) in [4.78, 5) is 11.5. The van der Waals surface area contributed by atoms with E-state index in [0.29, 0.717) is 17.3 Å². The van der Waals surface area contributed by atoms with Crippen LogP contribution in [0.4, 0.5) is 10.6 Å². The molecule has 0 aliphatic heterocycles. The van der Waals surface area contributed by atoms with Gasteiger partial charge in [0.15, 0.2) is 11.6 Å². The molecule has 1 amide bonds. The first-order valence-electron chi connectivity index (χ1n) is 5.53. The van der Waals surface area contributed by atoms with Crippen LogP contribution in [0.2, 0.25) is 0 Å². The lowest BCUT2D eigenvalue weighted by molar-refractivity contribution is 0.0635. The molecule has 0 bridgehead atoms. The maximum atomic E-state index is 11.5. The number of nitrogens with one attached hydrogen (secondary N) is 2. The molecule has 2 heterocycles. The number of anilines is 1. The summed E-state index contributed by atoms with van der Waals surface area (Å²) in [5, 5.41) is 9.24. The zero-order valence-corrected chi connectivity index (χ0v) is 10.5. The molecule has 0 aromatic carbocycles. The number of hydrogen-bond donors (Lipinski definition) is 2. The van der Waals surface area contributed by atoms with Crippen LogP contribution >= 0.6 is 0 Å². The quantitative estimate of drug-likeness (QED) is 0.857. The zero-order valence-electron chi connectivity index (χ0n) is 10.5. The second-order valence-electron chi connectivity index (χ2n) is 4.77. The van der Waals surface area contributed by atoms with Gasteiger partial charge in [0.2, 0.25) is 0 Å². The highest BCUT2D eigenvalue weighted by atomic mass is 16.6. The first-order chi connectivity index (χ1) is 8.44. The van der Waals surface area contributed by atoms with Gasteiger partial charge in [-0.05, 0) is 32.9 Å². The lowest BCUT2D eigenvalue weighted by Crippen LogP contribution is -2.27. The fourth-order valence-electron chi connectivity index (χ4n) is 1.35. The van der Waals surface area contributed by atoms with Gasteiger partial charge in [-0.15, -0.1) is 0 Å². The summed E-state index contributed by atoms with van der Waals surface area (Å²) in [5.41, 5.74) is 0.149. The molecule has 2 aromatic heterocycles. The average Bonchev–Trinajstić information content (AvgIpc) is 2.82. The van der Waals surface area contributed by atoms with Crippen LogP contribution in [-0.4, -0.2) is 21.9 Å². The second kappa shape index (κ2) is 4.56. The molecule has 2 rings (SSSR count).